The van der Waals surface area contributed by atoms with Gasteiger partial charge in [-0.3, -0.25) is 4.79 Å². The number of rotatable bonds is 3. The van der Waals surface area contributed by atoms with Crippen LogP contribution in [0.1, 0.15) is 39.5 Å². The molecule has 0 bridgehead atoms. The van der Waals surface area contributed by atoms with Gasteiger partial charge in [0.05, 0.1) is 0 Å². The highest BCUT2D eigenvalue weighted by molar-refractivity contribution is 5.80. The summed E-state index contributed by atoms with van der Waals surface area (Å²) in [5.74, 6) is 0.307. The molecular weight excluding hydrogens is 188 g/mol. The topological polar surface area (TPSA) is 46.3 Å². The number of carbonyl (C=O) groups is 1. The summed E-state index contributed by atoms with van der Waals surface area (Å²) < 4.78 is 0. The fraction of sp³-hybridized carbons (Fsp3) is 0.917. The molecule has 1 rings (SSSR count). The molecule has 0 aromatic carbocycles. The summed E-state index contributed by atoms with van der Waals surface area (Å²) in [6, 6.07) is 0.685. The van der Waals surface area contributed by atoms with Crippen molar-refractivity contribution in [2.45, 2.75) is 45.6 Å². The summed E-state index contributed by atoms with van der Waals surface area (Å²) in [7, 11) is 4.26. The Morgan fingerprint density at radius 2 is 1.67 bits per heavy atom. The predicted molar refractivity (Wildman–Crippen MR) is 62.4 cm³/mol. The van der Waals surface area contributed by atoms with Crippen LogP contribution in [0.25, 0.3) is 0 Å². The zero-order valence-corrected chi connectivity index (χ0v) is 10.4. The van der Waals surface area contributed by atoms with Crippen LogP contribution in [0.15, 0.2) is 0 Å². The number of amides is 1. The second-order valence-corrected chi connectivity index (χ2v) is 5.55. The minimum Gasteiger partial charge on any atom is -0.369 e. The van der Waals surface area contributed by atoms with Gasteiger partial charge >= 0.3 is 0 Å². The van der Waals surface area contributed by atoms with Crippen molar-refractivity contribution in [2.24, 2.45) is 17.1 Å². The van der Waals surface area contributed by atoms with Gasteiger partial charge in [-0.25, -0.2) is 0 Å². The van der Waals surface area contributed by atoms with Crippen LogP contribution >= 0.6 is 0 Å². The van der Waals surface area contributed by atoms with Crippen molar-refractivity contribution < 1.29 is 4.79 Å². The van der Waals surface area contributed by atoms with Gasteiger partial charge in [0.1, 0.15) is 0 Å². The summed E-state index contributed by atoms with van der Waals surface area (Å²) in [4.78, 5) is 13.6. The molecule has 0 radical (unpaired) electrons. The van der Waals surface area contributed by atoms with Gasteiger partial charge in [-0.05, 0) is 45.7 Å². The van der Waals surface area contributed by atoms with Gasteiger partial charge in [-0.2, -0.15) is 0 Å². The zero-order chi connectivity index (χ0) is 11.6. The van der Waals surface area contributed by atoms with E-state index < -0.39 is 0 Å². The van der Waals surface area contributed by atoms with Gasteiger partial charge in [-0.15, -0.1) is 0 Å². The van der Waals surface area contributed by atoms with E-state index in [1.165, 1.54) is 12.8 Å². The number of hydrogen-bond donors (Lipinski definition) is 1. The van der Waals surface area contributed by atoms with Gasteiger partial charge in [0.2, 0.25) is 5.91 Å². The molecule has 0 atom stereocenters. The molecule has 15 heavy (non-hydrogen) atoms. The van der Waals surface area contributed by atoms with Crippen LogP contribution in [0.4, 0.5) is 0 Å². The molecule has 3 nitrogen and oxygen atoms in total. The third-order valence-electron chi connectivity index (χ3n) is 4.08. The van der Waals surface area contributed by atoms with Gasteiger partial charge in [0.15, 0.2) is 0 Å². The van der Waals surface area contributed by atoms with E-state index in [9.17, 15) is 4.79 Å². The van der Waals surface area contributed by atoms with E-state index in [0.717, 1.165) is 12.8 Å². The quantitative estimate of drug-likeness (QED) is 0.772. The lowest BCUT2D eigenvalue weighted by atomic mass is 9.69. The molecule has 0 spiro atoms. The highest BCUT2D eigenvalue weighted by Crippen LogP contribution is 2.38. The van der Waals surface area contributed by atoms with Crippen LogP contribution in [0.2, 0.25) is 0 Å². The lowest BCUT2D eigenvalue weighted by molar-refractivity contribution is -0.129. The molecule has 0 aromatic heterocycles. The van der Waals surface area contributed by atoms with E-state index >= 15 is 0 Å². The SMILES string of the molecule is CN(C)C1CCC(C(C)(C)C(N)=O)CC1. The van der Waals surface area contributed by atoms with Crippen molar-refractivity contribution in [2.75, 3.05) is 14.1 Å². The van der Waals surface area contributed by atoms with Crippen molar-refractivity contribution in [1.29, 1.82) is 0 Å². The Morgan fingerprint density at radius 3 is 2.00 bits per heavy atom. The average molecular weight is 212 g/mol. The van der Waals surface area contributed by atoms with Crippen molar-refractivity contribution in [3.8, 4) is 0 Å². The van der Waals surface area contributed by atoms with Crippen molar-refractivity contribution in [3.63, 3.8) is 0 Å². The third kappa shape index (κ3) is 2.71. The first-order chi connectivity index (χ1) is 6.85. The minimum absolute atomic E-state index is 0.157. The predicted octanol–water partition coefficient (Wildman–Crippen LogP) is 1.62. The maximum Gasteiger partial charge on any atom is 0.223 e. The summed E-state index contributed by atoms with van der Waals surface area (Å²) in [5, 5.41) is 0. The van der Waals surface area contributed by atoms with E-state index in [2.05, 4.69) is 19.0 Å². The zero-order valence-electron chi connectivity index (χ0n) is 10.4. The van der Waals surface area contributed by atoms with Crippen molar-refractivity contribution in [1.82, 2.24) is 4.90 Å². The van der Waals surface area contributed by atoms with Crippen molar-refractivity contribution in [3.05, 3.63) is 0 Å². The Morgan fingerprint density at radius 1 is 1.20 bits per heavy atom. The third-order valence-corrected chi connectivity index (χ3v) is 4.08. The summed E-state index contributed by atoms with van der Waals surface area (Å²) in [6.07, 6.45) is 4.63. The van der Waals surface area contributed by atoms with E-state index in [0.29, 0.717) is 12.0 Å². The molecule has 0 saturated heterocycles. The molecule has 1 amide bonds. The smallest absolute Gasteiger partial charge is 0.223 e. The normalized spacial score (nSPS) is 28.1. The molecule has 1 aliphatic rings. The lowest BCUT2D eigenvalue weighted by Crippen LogP contribution is -2.42. The largest absolute Gasteiger partial charge is 0.369 e. The summed E-state index contributed by atoms with van der Waals surface area (Å²) in [6.45, 7) is 3.96. The standard InChI is InChI=1S/C12H24N2O/c1-12(2,11(13)15)9-5-7-10(8-6-9)14(3)4/h9-10H,5-8H2,1-4H3,(H2,13,15). The number of carbonyl (C=O) groups excluding carboxylic acids is 1. The monoisotopic (exact) mass is 212 g/mol. The van der Waals surface area contributed by atoms with Crippen LogP contribution in [-0.4, -0.2) is 30.9 Å². The molecule has 0 heterocycles. The molecule has 0 unspecified atom stereocenters. The maximum absolute atomic E-state index is 11.3. The molecule has 88 valence electrons. The van der Waals surface area contributed by atoms with Crippen LogP contribution in [-0.2, 0) is 4.79 Å². The molecule has 1 fully saturated rings. The van der Waals surface area contributed by atoms with Crippen LogP contribution < -0.4 is 5.73 Å². The fourth-order valence-electron chi connectivity index (χ4n) is 2.52. The Balaban J connectivity index is 2.54. The van der Waals surface area contributed by atoms with Crippen LogP contribution in [0.5, 0.6) is 0 Å². The number of nitrogens with two attached hydrogens (primary N) is 1. The Kier molecular flexibility index (Phi) is 3.77. The van der Waals surface area contributed by atoms with Crippen LogP contribution in [0, 0.1) is 11.3 Å². The van der Waals surface area contributed by atoms with E-state index in [4.69, 9.17) is 5.73 Å². The summed E-state index contributed by atoms with van der Waals surface area (Å²) >= 11 is 0. The average Bonchev–Trinajstić information content (AvgIpc) is 2.17. The molecule has 1 aliphatic carbocycles. The molecule has 0 aromatic rings. The first-order valence-electron chi connectivity index (χ1n) is 5.82. The fourth-order valence-corrected chi connectivity index (χ4v) is 2.52. The minimum atomic E-state index is -0.336. The Bertz CT molecular complexity index is 228. The summed E-state index contributed by atoms with van der Waals surface area (Å²) in [5.41, 5.74) is 5.11. The molecule has 2 N–H and O–H groups in total. The van der Waals surface area contributed by atoms with Crippen molar-refractivity contribution >= 4 is 5.91 Å². The highest BCUT2D eigenvalue weighted by Gasteiger charge is 2.37. The number of hydrogen-bond acceptors (Lipinski definition) is 2. The highest BCUT2D eigenvalue weighted by atomic mass is 16.1. The van der Waals surface area contributed by atoms with Gasteiger partial charge in [0, 0.05) is 11.5 Å². The number of nitrogens with zero attached hydrogens (tertiary/aromatic N) is 1. The Labute approximate surface area is 93.0 Å². The molecule has 0 aliphatic heterocycles. The maximum atomic E-state index is 11.3. The van der Waals surface area contributed by atoms with E-state index in [1.54, 1.807) is 0 Å². The van der Waals surface area contributed by atoms with E-state index in [1.807, 2.05) is 13.8 Å². The van der Waals surface area contributed by atoms with Crippen LogP contribution in [0.3, 0.4) is 0 Å². The van der Waals surface area contributed by atoms with Gasteiger partial charge < -0.3 is 10.6 Å². The second-order valence-electron chi connectivity index (χ2n) is 5.55. The lowest BCUT2D eigenvalue weighted by Gasteiger charge is -2.39. The van der Waals surface area contributed by atoms with Gasteiger partial charge in [-0.1, -0.05) is 13.8 Å². The molecule has 3 heteroatoms. The number of primary amides is 1. The molecular formula is C12H24N2O. The first-order valence-corrected chi connectivity index (χ1v) is 5.82. The van der Waals surface area contributed by atoms with E-state index in [-0.39, 0.29) is 11.3 Å². The molecule has 1 saturated carbocycles. The second kappa shape index (κ2) is 4.52. The van der Waals surface area contributed by atoms with Gasteiger partial charge in [0.25, 0.3) is 0 Å². The first kappa shape index (κ1) is 12.5. The Hall–Kier alpha value is -0.570.